The van der Waals surface area contributed by atoms with Gasteiger partial charge in [0.05, 0.1) is 12.3 Å². The zero-order chi connectivity index (χ0) is 14.1. The minimum atomic E-state index is 0.189. The highest BCUT2D eigenvalue weighted by Gasteiger charge is 2.10. The van der Waals surface area contributed by atoms with Crippen molar-refractivity contribution in [3.8, 4) is 5.75 Å². The summed E-state index contributed by atoms with van der Waals surface area (Å²) >= 11 is 0. The fourth-order valence-corrected chi connectivity index (χ4v) is 2.22. The van der Waals surface area contributed by atoms with Gasteiger partial charge in [0.25, 0.3) is 0 Å². The molecule has 0 saturated heterocycles. The molecular formula is C16H28N2O. The average molecular weight is 264 g/mol. The SMILES string of the molecule is CCCCCCC(NC)c1cncc(OC(C)C)c1. The molecule has 1 heterocycles. The van der Waals surface area contributed by atoms with E-state index >= 15 is 0 Å². The van der Waals surface area contributed by atoms with Crippen LogP contribution < -0.4 is 10.1 Å². The van der Waals surface area contributed by atoms with Crippen molar-refractivity contribution < 1.29 is 4.74 Å². The Labute approximate surface area is 117 Å². The summed E-state index contributed by atoms with van der Waals surface area (Å²) in [6, 6.07) is 2.48. The summed E-state index contributed by atoms with van der Waals surface area (Å²) < 4.78 is 5.70. The average Bonchev–Trinajstić information content (AvgIpc) is 2.38. The minimum absolute atomic E-state index is 0.189. The van der Waals surface area contributed by atoms with Gasteiger partial charge in [-0.1, -0.05) is 32.6 Å². The maximum atomic E-state index is 5.70. The van der Waals surface area contributed by atoms with Gasteiger partial charge in [0.15, 0.2) is 0 Å². The Morgan fingerprint density at radius 3 is 2.63 bits per heavy atom. The van der Waals surface area contributed by atoms with E-state index in [4.69, 9.17) is 4.74 Å². The number of aromatic nitrogens is 1. The molecular weight excluding hydrogens is 236 g/mol. The van der Waals surface area contributed by atoms with Crippen LogP contribution in [0.15, 0.2) is 18.5 Å². The number of unbranched alkanes of at least 4 members (excludes halogenated alkanes) is 3. The number of nitrogens with one attached hydrogen (secondary N) is 1. The maximum Gasteiger partial charge on any atom is 0.138 e. The van der Waals surface area contributed by atoms with Crippen molar-refractivity contribution in [1.29, 1.82) is 0 Å². The van der Waals surface area contributed by atoms with Crippen LogP contribution in [0.1, 0.15) is 64.5 Å². The Hall–Kier alpha value is -1.09. The van der Waals surface area contributed by atoms with Crippen molar-refractivity contribution in [2.45, 2.75) is 65.0 Å². The van der Waals surface area contributed by atoms with Gasteiger partial charge in [-0.2, -0.15) is 0 Å². The van der Waals surface area contributed by atoms with Crippen molar-refractivity contribution >= 4 is 0 Å². The molecule has 1 N–H and O–H groups in total. The largest absolute Gasteiger partial charge is 0.489 e. The van der Waals surface area contributed by atoms with E-state index < -0.39 is 0 Å². The molecule has 0 aliphatic rings. The van der Waals surface area contributed by atoms with Crippen LogP contribution in [-0.2, 0) is 0 Å². The Morgan fingerprint density at radius 1 is 1.21 bits per heavy atom. The van der Waals surface area contributed by atoms with Gasteiger partial charge < -0.3 is 10.1 Å². The zero-order valence-electron chi connectivity index (χ0n) is 12.8. The highest BCUT2D eigenvalue weighted by Crippen LogP contribution is 2.23. The third-order valence-corrected chi connectivity index (χ3v) is 3.20. The number of ether oxygens (including phenoxy) is 1. The van der Waals surface area contributed by atoms with Crippen molar-refractivity contribution in [2.24, 2.45) is 0 Å². The summed E-state index contributed by atoms with van der Waals surface area (Å²) in [6.45, 7) is 6.31. The summed E-state index contributed by atoms with van der Waals surface area (Å²) in [4.78, 5) is 4.29. The molecule has 1 unspecified atom stereocenters. The summed E-state index contributed by atoms with van der Waals surface area (Å²) in [6.07, 6.45) is 10.2. The van der Waals surface area contributed by atoms with E-state index in [0.717, 1.165) is 12.2 Å². The topological polar surface area (TPSA) is 34.2 Å². The van der Waals surface area contributed by atoms with E-state index in [9.17, 15) is 0 Å². The molecule has 0 aliphatic heterocycles. The number of hydrogen-bond donors (Lipinski definition) is 1. The Bertz CT molecular complexity index is 352. The van der Waals surface area contributed by atoms with Crippen LogP contribution in [0.3, 0.4) is 0 Å². The van der Waals surface area contributed by atoms with Gasteiger partial charge in [-0.15, -0.1) is 0 Å². The van der Waals surface area contributed by atoms with Gasteiger partial charge >= 0.3 is 0 Å². The monoisotopic (exact) mass is 264 g/mol. The van der Waals surface area contributed by atoms with Gasteiger partial charge in [-0.25, -0.2) is 0 Å². The fourth-order valence-electron chi connectivity index (χ4n) is 2.22. The number of nitrogens with zero attached hydrogens (tertiary/aromatic N) is 1. The summed E-state index contributed by atoms with van der Waals surface area (Å²) in [7, 11) is 2.01. The van der Waals surface area contributed by atoms with E-state index in [-0.39, 0.29) is 6.10 Å². The maximum absolute atomic E-state index is 5.70. The van der Waals surface area contributed by atoms with E-state index in [1.54, 1.807) is 6.20 Å². The normalized spacial score (nSPS) is 12.7. The third kappa shape index (κ3) is 6.06. The lowest BCUT2D eigenvalue weighted by molar-refractivity contribution is 0.241. The van der Waals surface area contributed by atoms with Gasteiger partial charge in [0, 0.05) is 12.2 Å². The van der Waals surface area contributed by atoms with Crippen LogP contribution in [0, 0.1) is 0 Å². The minimum Gasteiger partial charge on any atom is -0.489 e. The molecule has 0 saturated carbocycles. The van der Waals surface area contributed by atoms with E-state index in [0.29, 0.717) is 6.04 Å². The van der Waals surface area contributed by atoms with Crippen LogP contribution >= 0.6 is 0 Å². The lowest BCUT2D eigenvalue weighted by Crippen LogP contribution is -2.17. The second-order valence-corrected chi connectivity index (χ2v) is 5.31. The second-order valence-electron chi connectivity index (χ2n) is 5.31. The molecule has 0 fully saturated rings. The third-order valence-electron chi connectivity index (χ3n) is 3.20. The summed E-state index contributed by atoms with van der Waals surface area (Å²) in [5.41, 5.74) is 1.22. The number of rotatable bonds is 9. The lowest BCUT2D eigenvalue weighted by atomic mass is 10.0. The van der Waals surface area contributed by atoms with Crippen molar-refractivity contribution in [1.82, 2.24) is 10.3 Å². The molecule has 0 aromatic carbocycles. The quantitative estimate of drug-likeness (QED) is 0.682. The Morgan fingerprint density at radius 2 is 2.00 bits per heavy atom. The molecule has 1 aromatic heterocycles. The standard InChI is InChI=1S/C16H28N2O/c1-5-6-7-8-9-16(17-4)14-10-15(12-18-11-14)19-13(2)3/h10-13,16-17H,5-9H2,1-4H3. The highest BCUT2D eigenvalue weighted by atomic mass is 16.5. The smallest absolute Gasteiger partial charge is 0.138 e. The second kappa shape index (κ2) is 8.92. The van der Waals surface area contributed by atoms with Crippen molar-refractivity contribution in [3.05, 3.63) is 24.0 Å². The van der Waals surface area contributed by atoms with Gasteiger partial charge in [0.1, 0.15) is 5.75 Å². The molecule has 1 atom stereocenters. The van der Waals surface area contributed by atoms with E-state index in [2.05, 4.69) is 23.3 Å². The van der Waals surface area contributed by atoms with Gasteiger partial charge in [-0.3, -0.25) is 4.98 Å². The Kier molecular flexibility index (Phi) is 7.49. The van der Waals surface area contributed by atoms with E-state index in [1.807, 2.05) is 27.1 Å². The van der Waals surface area contributed by atoms with Gasteiger partial charge in [0.2, 0.25) is 0 Å². The summed E-state index contributed by atoms with van der Waals surface area (Å²) in [5, 5.41) is 3.38. The predicted octanol–water partition coefficient (Wildman–Crippen LogP) is 4.10. The lowest BCUT2D eigenvalue weighted by Gasteiger charge is -2.17. The first-order valence-electron chi connectivity index (χ1n) is 7.46. The molecule has 108 valence electrons. The van der Waals surface area contributed by atoms with Crippen molar-refractivity contribution in [3.63, 3.8) is 0 Å². The first-order valence-corrected chi connectivity index (χ1v) is 7.46. The molecule has 0 amide bonds. The van der Waals surface area contributed by atoms with Crippen molar-refractivity contribution in [2.75, 3.05) is 7.05 Å². The molecule has 0 bridgehead atoms. The first-order chi connectivity index (χ1) is 9.17. The molecule has 0 aliphatic carbocycles. The molecule has 0 radical (unpaired) electrons. The first kappa shape index (κ1) is 16.0. The molecule has 3 nitrogen and oxygen atoms in total. The molecule has 19 heavy (non-hydrogen) atoms. The van der Waals surface area contributed by atoms with Crippen LogP contribution in [0.5, 0.6) is 5.75 Å². The summed E-state index contributed by atoms with van der Waals surface area (Å²) in [5.74, 6) is 0.862. The number of hydrogen-bond acceptors (Lipinski definition) is 3. The molecule has 1 aromatic rings. The number of pyridine rings is 1. The van der Waals surface area contributed by atoms with E-state index in [1.165, 1.54) is 31.2 Å². The fraction of sp³-hybridized carbons (Fsp3) is 0.688. The van der Waals surface area contributed by atoms with Crippen LogP contribution in [0.25, 0.3) is 0 Å². The highest BCUT2D eigenvalue weighted by molar-refractivity contribution is 5.26. The van der Waals surface area contributed by atoms with Crippen LogP contribution in [0.4, 0.5) is 0 Å². The van der Waals surface area contributed by atoms with Gasteiger partial charge in [-0.05, 0) is 38.9 Å². The molecule has 1 rings (SSSR count). The Balaban J connectivity index is 2.59. The van der Waals surface area contributed by atoms with Crippen LogP contribution in [0.2, 0.25) is 0 Å². The molecule has 3 heteroatoms. The van der Waals surface area contributed by atoms with Crippen LogP contribution in [-0.4, -0.2) is 18.1 Å². The predicted molar refractivity (Wildman–Crippen MR) is 80.6 cm³/mol. The molecule has 0 spiro atoms. The zero-order valence-corrected chi connectivity index (χ0v) is 12.8.